The Labute approximate surface area is 136 Å². The third-order valence-electron chi connectivity index (χ3n) is 3.88. The largest absolute Gasteiger partial charge is 0.463 e. The first-order chi connectivity index (χ1) is 11.2. The predicted octanol–water partition coefficient (Wildman–Crippen LogP) is 4.00. The van der Waals surface area contributed by atoms with E-state index in [0.717, 1.165) is 5.01 Å². The molecule has 0 radical (unpaired) electrons. The average molecular weight is 320 g/mol. The van der Waals surface area contributed by atoms with Gasteiger partial charge in [0, 0.05) is 12.1 Å². The van der Waals surface area contributed by atoms with E-state index in [1.54, 1.807) is 23.5 Å². The van der Waals surface area contributed by atoms with Gasteiger partial charge in [0.1, 0.15) is 23.6 Å². The van der Waals surface area contributed by atoms with Crippen LogP contribution in [0.5, 0.6) is 0 Å². The van der Waals surface area contributed by atoms with Crippen LogP contribution in [-0.2, 0) is 7.05 Å². The lowest BCUT2D eigenvalue weighted by Crippen LogP contribution is -2.28. The van der Waals surface area contributed by atoms with Crippen LogP contribution in [0, 0.1) is 0 Å². The molecule has 0 bridgehead atoms. The number of rotatable bonds is 2. The van der Waals surface area contributed by atoms with Gasteiger partial charge in [-0.2, -0.15) is 4.57 Å². The number of benzene rings is 2. The van der Waals surface area contributed by atoms with Gasteiger partial charge in [0.15, 0.2) is 5.43 Å². The Morgan fingerprint density at radius 1 is 1.04 bits per heavy atom. The van der Waals surface area contributed by atoms with E-state index in [2.05, 4.69) is 16.7 Å². The second kappa shape index (κ2) is 5.48. The summed E-state index contributed by atoms with van der Waals surface area (Å²) in [5, 5.41) is 1.69. The van der Waals surface area contributed by atoms with Crippen molar-refractivity contribution in [3.8, 4) is 0 Å². The maximum atomic E-state index is 12.5. The zero-order chi connectivity index (χ0) is 15.8. The van der Waals surface area contributed by atoms with Crippen molar-refractivity contribution in [3.63, 3.8) is 0 Å². The van der Waals surface area contributed by atoms with Crippen LogP contribution in [0.1, 0.15) is 10.6 Å². The van der Waals surface area contributed by atoms with Crippen molar-refractivity contribution in [1.29, 1.82) is 0 Å². The highest BCUT2D eigenvalue weighted by Gasteiger charge is 2.13. The van der Waals surface area contributed by atoms with Gasteiger partial charge < -0.3 is 4.42 Å². The summed E-state index contributed by atoms with van der Waals surface area (Å²) in [5.41, 5.74) is 2.35. The van der Waals surface area contributed by atoms with E-state index < -0.39 is 0 Å². The van der Waals surface area contributed by atoms with Crippen LogP contribution >= 0.6 is 11.3 Å². The molecule has 4 aromatic rings. The molecule has 0 amide bonds. The van der Waals surface area contributed by atoms with Crippen molar-refractivity contribution in [3.05, 3.63) is 75.6 Å². The topological polar surface area (TPSA) is 34.1 Å². The highest BCUT2D eigenvalue weighted by Crippen LogP contribution is 2.21. The van der Waals surface area contributed by atoms with Crippen LogP contribution in [0.15, 0.2) is 64.0 Å². The minimum absolute atomic E-state index is 0.00753. The molecule has 23 heavy (non-hydrogen) atoms. The first-order valence-corrected chi connectivity index (χ1v) is 8.12. The van der Waals surface area contributed by atoms with Gasteiger partial charge in [-0.25, -0.2) is 0 Å². The fourth-order valence-corrected chi connectivity index (χ4v) is 3.69. The van der Waals surface area contributed by atoms with Crippen LogP contribution in [-0.4, -0.2) is 0 Å². The van der Waals surface area contributed by atoms with Gasteiger partial charge in [-0.05, 0) is 24.3 Å². The maximum absolute atomic E-state index is 12.5. The van der Waals surface area contributed by atoms with Crippen molar-refractivity contribution in [1.82, 2.24) is 0 Å². The Bertz CT molecular complexity index is 1110. The van der Waals surface area contributed by atoms with Gasteiger partial charge in [0.2, 0.25) is 5.52 Å². The monoisotopic (exact) mass is 320 g/mol. The van der Waals surface area contributed by atoms with Crippen LogP contribution in [0.2, 0.25) is 0 Å². The zero-order valence-electron chi connectivity index (χ0n) is 12.5. The van der Waals surface area contributed by atoms with E-state index >= 15 is 0 Å². The molecule has 0 fully saturated rings. The number of thiazole rings is 1. The SMILES string of the molecule is C[n+]1c(/C=C/c2coc3ccccc3c2=O)sc2ccccc21. The summed E-state index contributed by atoms with van der Waals surface area (Å²) >= 11 is 1.70. The molecule has 3 nitrogen and oxygen atoms in total. The molecule has 2 heterocycles. The van der Waals surface area contributed by atoms with Crippen LogP contribution in [0.3, 0.4) is 0 Å². The van der Waals surface area contributed by atoms with Gasteiger partial charge in [-0.3, -0.25) is 4.79 Å². The predicted molar refractivity (Wildman–Crippen MR) is 94.4 cm³/mol. The van der Waals surface area contributed by atoms with Gasteiger partial charge in [-0.15, -0.1) is 0 Å². The van der Waals surface area contributed by atoms with E-state index in [0.29, 0.717) is 16.5 Å². The molecular weight excluding hydrogens is 306 g/mol. The molecule has 2 aromatic carbocycles. The fourth-order valence-electron chi connectivity index (χ4n) is 2.64. The van der Waals surface area contributed by atoms with E-state index in [-0.39, 0.29) is 5.43 Å². The minimum atomic E-state index is -0.00753. The first kappa shape index (κ1) is 13.9. The number of nitrogens with zero attached hydrogens (tertiary/aromatic N) is 1. The second-order valence-corrected chi connectivity index (χ2v) is 6.38. The standard InChI is InChI=1S/C19H14NO2S/c1-20-15-7-3-5-9-17(15)23-18(20)11-10-13-12-22-16-8-4-2-6-14(16)19(13)21/h2-12H,1H3/q+1/b11-10+. The highest BCUT2D eigenvalue weighted by molar-refractivity contribution is 7.18. The number of fused-ring (bicyclic) bond motifs is 2. The Balaban J connectivity index is 1.80. The Morgan fingerprint density at radius 2 is 1.83 bits per heavy atom. The van der Waals surface area contributed by atoms with Crippen LogP contribution in [0.4, 0.5) is 0 Å². The van der Waals surface area contributed by atoms with Crippen LogP contribution < -0.4 is 10.00 Å². The number of aryl methyl sites for hydroxylation is 1. The normalized spacial score (nSPS) is 11.7. The van der Waals surface area contributed by atoms with Crippen molar-refractivity contribution < 1.29 is 8.98 Å². The number of hydrogen-bond acceptors (Lipinski definition) is 3. The van der Waals surface area contributed by atoms with E-state index in [4.69, 9.17) is 4.42 Å². The quantitative estimate of drug-likeness (QED) is 0.523. The van der Waals surface area contributed by atoms with Gasteiger partial charge in [0.25, 0.3) is 5.01 Å². The van der Waals surface area contributed by atoms with Gasteiger partial charge >= 0.3 is 0 Å². The Morgan fingerprint density at radius 3 is 2.70 bits per heavy atom. The molecule has 4 rings (SSSR count). The number of para-hydroxylation sites is 2. The molecule has 0 unspecified atom stereocenters. The number of hydrogen-bond donors (Lipinski definition) is 0. The third-order valence-corrected chi connectivity index (χ3v) is 5.07. The van der Waals surface area contributed by atoms with Crippen molar-refractivity contribution in [2.75, 3.05) is 0 Å². The van der Waals surface area contributed by atoms with Crippen molar-refractivity contribution in [2.45, 2.75) is 0 Å². The highest BCUT2D eigenvalue weighted by atomic mass is 32.1. The molecule has 0 spiro atoms. The Kier molecular flexibility index (Phi) is 3.32. The molecule has 0 aliphatic carbocycles. The molecule has 0 atom stereocenters. The minimum Gasteiger partial charge on any atom is -0.463 e. The molecule has 0 saturated heterocycles. The maximum Gasteiger partial charge on any atom is 0.262 e. The fraction of sp³-hybridized carbons (Fsp3) is 0.0526. The summed E-state index contributed by atoms with van der Waals surface area (Å²) in [6, 6.07) is 15.5. The van der Waals surface area contributed by atoms with E-state index in [9.17, 15) is 4.79 Å². The third kappa shape index (κ3) is 2.37. The first-order valence-electron chi connectivity index (χ1n) is 7.30. The number of aromatic nitrogens is 1. The summed E-state index contributed by atoms with van der Waals surface area (Å²) in [7, 11) is 2.03. The van der Waals surface area contributed by atoms with Crippen molar-refractivity contribution >= 4 is 44.7 Å². The van der Waals surface area contributed by atoms with E-state index in [1.807, 2.05) is 43.5 Å². The molecular formula is C19H14NO2S+. The Hall–Kier alpha value is -2.72. The van der Waals surface area contributed by atoms with Crippen LogP contribution in [0.25, 0.3) is 33.3 Å². The molecule has 0 saturated carbocycles. The lowest BCUT2D eigenvalue weighted by molar-refractivity contribution is -0.642. The zero-order valence-corrected chi connectivity index (χ0v) is 13.3. The lowest BCUT2D eigenvalue weighted by atomic mass is 10.1. The lowest BCUT2D eigenvalue weighted by Gasteiger charge is -1.97. The molecule has 4 heteroatoms. The molecule has 112 valence electrons. The molecule has 2 aromatic heterocycles. The van der Waals surface area contributed by atoms with E-state index in [1.165, 1.54) is 16.5 Å². The van der Waals surface area contributed by atoms with Gasteiger partial charge in [0.05, 0.1) is 10.9 Å². The van der Waals surface area contributed by atoms with Crippen molar-refractivity contribution in [2.24, 2.45) is 7.05 Å². The molecule has 0 aliphatic heterocycles. The average Bonchev–Trinajstić information content (AvgIpc) is 2.91. The second-order valence-electron chi connectivity index (χ2n) is 5.32. The summed E-state index contributed by atoms with van der Waals surface area (Å²) in [6.07, 6.45) is 5.31. The molecule has 0 N–H and O–H groups in total. The van der Waals surface area contributed by atoms with Gasteiger partial charge in [-0.1, -0.05) is 35.6 Å². The summed E-state index contributed by atoms with van der Waals surface area (Å²) in [4.78, 5) is 12.5. The smallest absolute Gasteiger partial charge is 0.262 e. The summed E-state index contributed by atoms with van der Waals surface area (Å²) < 4.78 is 8.89. The molecule has 0 aliphatic rings. The summed E-state index contributed by atoms with van der Waals surface area (Å²) in [5.74, 6) is 0. The summed E-state index contributed by atoms with van der Waals surface area (Å²) in [6.45, 7) is 0.